The molecular weight excluding hydrogens is 435 g/mol. The van der Waals surface area contributed by atoms with Gasteiger partial charge in [-0.25, -0.2) is 0 Å². The number of Topliss-reactive ketones (excluding diaryl/α,β-unsaturated/α-hetero) is 1. The number of carbonyl (C=O) groups excluding carboxylic acids is 1. The van der Waals surface area contributed by atoms with E-state index in [1.165, 1.54) is 6.07 Å². The fourth-order valence-corrected chi connectivity index (χ4v) is 2.43. The molecule has 0 aliphatic carbocycles. The van der Waals surface area contributed by atoms with Gasteiger partial charge >= 0.3 is 12.8 Å². The first-order valence-electron chi connectivity index (χ1n) is 9.01. The summed E-state index contributed by atoms with van der Waals surface area (Å²) in [7, 11) is 0. The zero-order chi connectivity index (χ0) is 23.7. The maximum Gasteiger partial charge on any atom is 0.416 e. The number of hydrogen-bond donors (Lipinski definition) is 2. The van der Waals surface area contributed by atoms with E-state index < -0.39 is 36.0 Å². The lowest BCUT2D eigenvalue weighted by molar-refractivity contribution is -0.155. The van der Waals surface area contributed by atoms with Gasteiger partial charge in [0.1, 0.15) is 5.71 Å². The van der Waals surface area contributed by atoms with Crippen molar-refractivity contribution >= 4 is 41.0 Å². The van der Waals surface area contributed by atoms with Crippen LogP contribution in [0.25, 0.3) is 0 Å². The van der Waals surface area contributed by atoms with Crippen LogP contribution in [0.15, 0.2) is 64.6 Å². The topological polar surface area (TPSA) is 98.7 Å². The second kappa shape index (κ2) is 11.1. The van der Waals surface area contributed by atoms with E-state index in [0.717, 1.165) is 18.3 Å². The van der Waals surface area contributed by atoms with Crippen molar-refractivity contribution in [1.29, 1.82) is 10.8 Å². The molecule has 0 aromatic heterocycles. The number of benzene rings is 2. The standard InChI is InChI=1S/C21H17F5N4O2/c22-20(23)32-17(12-29-15-8-4-5-13(11-15)21(24,25)26)19(31)18(28)16(9-10-27)30-14-6-2-1-3-7-14/h1-8,10-12,17,20,27-28H,9H2. The number of rotatable bonds is 10. The number of nitrogens with zero attached hydrogens (tertiary/aromatic N) is 2. The number of alkyl halides is 5. The van der Waals surface area contributed by atoms with E-state index >= 15 is 0 Å². The average Bonchev–Trinajstić information content (AvgIpc) is 2.75. The zero-order valence-corrected chi connectivity index (χ0v) is 16.3. The van der Waals surface area contributed by atoms with Crippen LogP contribution in [0.5, 0.6) is 0 Å². The first-order chi connectivity index (χ1) is 15.1. The molecule has 2 rings (SSSR count). The highest BCUT2D eigenvalue weighted by atomic mass is 19.4. The summed E-state index contributed by atoms with van der Waals surface area (Å²) >= 11 is 0. The van der Waals surface area contributed by atoms with Crippen molar-refractivity contribution in [1.82, 2.24) is 0 Å². The summed E-state index contributed by atoms with van der Waals surface area (Å²) < 4.78 is 68.4. The molecule has 11 heteroatoms. The van der Waals surface area contributed by atoms with E-state index in [1.54, 1.807) is 30.3 Å². The summed E-state index contributed by atoms with van der Waals surface area (Å²) in [6.07, 6.45) is -5.45. The molecule has 2 aromatic rings. The predicted molar refractivity (Wildman–Crippen MR) is 110 cm³/mol. The molecular formula is C21H17F5N4O2. The molecule has 0 aliphatic rings. The van der Waals surface area contributed by atoms with E-state index in [0.29, 0.717) is 18.0 Å². The van der Waals surface area contributed by atoms with Gasteiger partial charge < -0.3 is 10.1 Å². The Balaban J connectivity index is 2.32. The van der Waals surface area contributed by atoms with E-state index in [1.807, 2.05) is 0 Å². The first kappa shape index (κ1) is 24.7. The molecule has 0 aliphatic heterocycles. The highest BCUT2D eigenvalue weighted by molar-refractivity contribution is 6.69. The Labute approximate surface area is 179 Å². The molecule has 0 spiro atoms. The van der Waals surface area contributed by atoms with Gasteiger partial charge in [-0.05, 0) is 30.3 Å². The molecule has 0 bridgehead atoms. The molecule has 6 nitrogen and oxygen atoms in total. The smallest absolute Gasteiger partial charge is 0.313 e. The van der Waals surface area contributed by atoms with Crippen LogP contribution in [0.4, 0.5) is 33.3 Å². The maximum atomic E-state index is 12.8. The van der Waals surface area contributed by atoms with Gasteiger partial charge in [-0.1, -0.05) is 24.3 Å². The molecule has 0 saturated carbocycles. The van der Waals surface area contributed by atoms with Gasteiger partial charge in [0, 0.05) is 18.9 Å². The van der Waals surface area contributed by atoms with Crippen LogP contribution >= 0.6 is 0 Å². The normalized spacial score (nSPS) is 13.4. The quantitative estimate of drug-likeness (QED) is 0.372. The number of hydrogen-bond acceptors (Lipinski definition) is 6. The number of ether oxygens (including phenoxy) is 1. The van der Waals surface area contributed by atoms with E-state index in [2.05, 4.69) is 14.7 Å². The van der Waals surface area contributed by atoms with Gasteiger partial charge in [-0.15, -0.1) is 0 Å². The largest absolute Gasteiger partial charge is 0.416 e. The lowest BCUT2D eigenvalue weighted by Crippen LogP contribution is -2.37. The van der Waals surface area contributed by atoms with Gasteiger partial charge in [-0.2, -0.15) is 22.0 Å². The molecule has 32 heavy (non-hydrogen) atoms. The van der Waals surface area contributed by atoms with Gasteiger partial charge in [0.05, 0.1) is 22.6 Å². The predicted octanol–water partition coefficient (Wildman–Crippen LogP) is 5.42. The second-order valence-corrected chi connectivity index (χ2v) is 6.19. The lowest BCUT2D eigenvalue weighted by atomic mass is 10.0. The Morgan fingerprint density at radius 3 is 2.31 bits per heavy atom. The fraction of sp³-hybridized carbons (Fsp3) is 0.190. The zero-order valence-electron chi connectivity index (χ0n) is 16.3. The summed E-state index contributed by atoms with van der Waals surface area (Å²) in [4.78, 5) is 20.4. The number of para-hydroxylation sites is 1. The Morgan fingerprint density at radius 1 is 1.06 bits per heavy atom. The monoisotopic (exact) mass is 452 g/mol. The Morgan fingerprint density at radius 2 is 1.72 bits per heavy atom. The molecule has 0 fully saturated rings. The third kappa shape index (κ3) is 7.27. The van der Waals surface area contributed by atoms with E-state index in [4.69, 9.17) is 10.8 Å². The first-order valence-corrected chi connectivity index (χ1v) is 9.01. The molecule has 168 valence electrons. The molecule has 1 unspecified atom stereocenters. The molecule has 0 radical (unpaired) electrons. The molecule has 0 amide bonds. The summed E-state index contributed by atoms with van der Waals surface area (Å²) in [5, 5.41) is 15.3. The van der Waals surface area contributed by atoms with Crippen molar-refractivity contribution in [2.45, 2.75) is 25.3 Å². The average molecular weight is 452 g/mol. The van der Waals surface area contributed by atoms with Crippen molar-refractivity contribution in [3.05, 3.63) is 60.2 Å². The summed E-state index contributed by atoms with van der Waals surface area (Å²) in [5.74, 6) is -1.24. The highest BCUT2D eigenvalue weighted by Gasteiger charge is 2.31. The van der Waals surface area contributed by atoms with Crippen LogP contribution in [0, 0.1) is 10.8 Å². The molecule has 2 aromatic carbocycles. The number of aliphatic imine (C=N–C) groups is 2. The van der Waals surface area contributed by atoms with Crippen LogP contribution in [0.3, 0.4) is 0 Å². The van der Waals surface area contributed by atoms with Crippen molar-refractivity contribution in [2.24, 2.45) is 9.98 Å². The summed E-state index contributed by atoms with van der Waals surface area (Å²) in [6.45, 7) is -3.41. The van der Waals surface area contributed by atoms with E-state index in [-0.39, 0.29) is 17.8 Å². The van der Waals surface area contributed by atoms with Gasteiger partial charge in [0.15, 0.2) is 6.10 Å². The highest BCUT2D eigenvalue weighted by Crippen LogP contribution is 2.31. The van der Waals surface area contributed by atoms with Crippen LogP contribution in [0.2, 0.25) is 0 Å². The van der Waals surface area contributed by atoms with E-state index in [9.17, 15) is 26.7 Å². The van der Waals surface area contributed by atoms with Crippen LogP contribution in [-0.4, -0.2) is 42.4 Å². The minimum absolute atomic E-state index is 0.175. The van der Waals surface area contributed by atoms with Crippen LogP contribution < -0.4 is 0 Å². The number of nitrogens with one attached hydrogen (secondary N) is 2. The van der Waals surface area contributed by atoms with Gasteiger partial charge in [0.2, 0.25) is 5.78 Å². The van der Waals surface area contributed by atoms with Crippen molar-refractivity contribution in [3.63, 3.8) is 0 Å². The minimum Gasteiger partial charge on any atom is -0.313 e. The van der Waals surface area contributed by atoms with Gasteiger partial charge in [-0.3, -0.25) is 20.2 Å². The van der Waals surface area contributed by atoms with Crippen LogP contribution in [-0.2, 0) is 15.7 Å². The SMILES string of the molecule is N=CCC(=Nc1ccccc1)C(=N)C(=O)C(C=Nc1cccc(C(F)(F)F)c1)OC(F)F. The third-order valence-corrected chi connectivity index (χ3v) is 3.89. The molecule has 2 N–H and O–H groups in total. The molecule has 0 saturated heterocycles. The van der Waals surface area contributed by atoms with Crippen molar-refractivity contribution in [2.75, 3.05) is 0 Å². The fourth-order valence-electron chi connectivity index (χ4n) is 2.43. The number of halogens is 5. The molecule has 1 atom stereocenters. The van der Waals surface area contributed by atoms with Gasteiger partial charge in [0.25, 0.3) is 0 Å². The Hall–Kier alpha value is -3.60. The summed E-state index contributed by atoms with van der Waals surface area (Å²) in [6, 6.07) is 11.9. The maximum absolute atomic E-state index is 12.8. The minimum atomic E-state index is -4.64. The number of ketones is 1. The molecule has 0 heterocycles. The number of carbonyl (C=O) groups is 1. The van der Waals surface area contributed by atoms with Crippen LogP contribution in [0.1, 0.15) is 12.0 Å². The van der Waals surface area contributed by atoms with Crippen molar-refractivity contribution in [3.8, 4) is 0 Å². The second-order valence-electron chi connectivity index (χ2n) is 6.19. The Kier molecular flexibility index (Phi) is 8.59. The lowest BCUT2D eigenvalue weighted by Gasteiger charge is -2.13. The van der Waals surface area contributed by atoms with Crippen molar-refractivity contribution < 1.29 is 31.5 Å². The third-order valence-electron chi connectivity index (χ3n) is 3.89. The Bertz CT molecular complexity index is 1020. The summed E-state index contributed by atoms with van der Waals surface area (Å²) in [5.41, 5.74) is -1.86.